The number of para-hydroxylation sites is 2. The van der Waals surface area contributed by atoms with Crippen molar-refractivity contribution in [2.24, 2.45) is 0 Å². The zero-order valence-electron chi connectivity index (χ0n) is 20.2. The molecule has 0 spiro atoms. The molecule has 180 valence electrons. The molecule has 5 nitrogen and oxygen atoms in total. The van der Waals surface area contributed by atoms with Gasteiger partial charge in [-0.25, -0.2) is 4.98 Å². The lowest BCUT2D eigenvalue weighted by atomic mass is 10.1. The highest BCUT2D eigenvalue weighted by atomic mass is 79.9. The summed E-state index contributed by atoms with van der Waals surface area (Å²) >= 11 is 3.52. The summed E-state index contributed by atoms with van der Waals surface area (Å²) in [6.07, 6.45) is 2.41. The zero-order valence-corrected chi connectivity index (χ0v) is 21.8. The number of halogens is 1. The van der Waals surface area contributed by atoms with Crippen LogP contribution in [-0.2, 0) is 11.3 Å². The molecule has 6 heteroatoms. The summed E-state index contributed by atoms with van der Waals surface area (Å²) in [6.45, 7) is 6.41. The first-order chi connectivity index (χ1) is 17.0. The molecule has 0 aliphatic carbocycles. The lowest BCUT2D eigenvalue weighted by molar-refractivity contribution is -0.117. The van der Waals surface area contributed by atoms with Gasteiger partial charge in [0.05, 0.1) is 17.6 Å². The fourth-order valence-electron chi connectivity index (χ4n) is 4.78. The summed E-state index contributed by atoms with van der Waals surface area (Å²) in [5, 5.41) is 0. The van der Waals surface area contributed by atoms with Crippen molar-refractivity contribution >= 4 is 38.6 Å². The van der Waals surface area contributed by atoms with E-state index in [4.69, 9.17) is 9.72 Å². The van der Waals surface area contributed by atoms with Gasteiger partial charge in [-0.15, -0.1) is 0 Å². The van der Waals surface area contributed by atoms with Crippen molar-refractivity contribution in [1.29, 1.82) is 0 Å². The van der Waals surface area contributed by atoms with Crippen LogP contribution in [0.3, 0.4) is 0 Å². The van der Waals surface area contributed by atoms with Crippen molar-refractivity contribution in [1.82, 2.24) is 9.55 Å². The van der Waals surface area contributed by atoms with Crippen molar-refractivity contribution < 1.29 is 9.53 Å². The fourth-order valence-corrected chi connectivity index (χ4v) is 5.17. The number of unbranched alkanes of at least 4 members (excludes halogenated alkanes) is 1. The molecule has 1 fully saturated rings. The average Bonchev–Trinajstić information content (AvgIpc) is 3.41. The number of aryl methyl sites for hydroxylation is 3. The number of hydrogen-bond acceptors (Lipinski definition) is 3. The van der Waals surface area contributed by atoms with Gasteiger partial charge < -0.3 is 14.2 Å². The molecule has 1 aliphatic rings. The average molecular weight is 532 g/mol. The number of amides is 1. The van der Waals surface area contributed by atoms with Gasteiger partial charge in [0.2, 0.25) is 5.91 Å². The second-order valence-electron chi connectivity index (χ2n) is 9.30. The molecule has 1 aromatic heterocycles. The fraction of sp³-hybridized carbons (Fsp3) is 0.310. The maximum Gasteiger partial charge on any atom is 0.227 e. The van der Waals surface area contributed by atoms with E-state index >= 15 is 0 Å². The van der Waals surface area contributed by atoms with E-state index in [9.17, 15) is 4.79 Å². The molecule has 1 aliphatic heterocycles. The maximum absolute atomic E-state index is 12.9. The highest BCUT2D eigenvalue weighted by molar-refractivity contribution is 9.10. The first kappa shape index (κ1) is 23.6. The molecule has 1 amide bonds. The number of fused-ring (bicyclic) bond motifs is 1. The van der Waals surface area contributed by atoms with Crippen LogP contribution in [0.5, 0.6) is 5.75 Å². The van der Waals surface area contributed by atoms with E-state index in [-0.39, 0.29) is 11.8 Å². The molecule has 35 heavy (non-hydrogen) atoms. The number of benzene rings is 3. The number of imidazole rings is 1. The van der Waals surface area contributed by atoms with Crippen LogP contribution >= 0.6 is 15.9 Å². The van der Waals surface area contributed by atoms with Gasteiger partial charge >= 0.3 is 0 Å². The van der Waals surface area contributed by atoms with Gasteiger partial charge in [0, 0.05) is 35.6 Å². The topological polar surface area (TPSA) is 47.4 Å². The molecule has 1 unspecified atom stereocenters. The minimum atomic E-state index is 0.0701. The first-order valence-corrected chi connectivity index (χ1v) is 13.0. The molecule has 0 saturated carbocycles. The minimum absolute atomic E-state index is 0.0701. The third-order valence-electron chi connectivity index (χ3n) is 6.82. The molecular weight excluding hydrogens is 502 g/mol. The molecule has 0 radical (unpaired) electrons. The predicted molar refractivity (Wildman–Crippen MR) is 144 cm³/mol. The van der Waals surface area contributed by atoms with E-state index in [1.807, 2.05) is 41.3 Å². The van der Waals surface area contributed by atoms with Crippen molar-refractivity contribution in [3.05, 3.63) is 88.2 Å². The van der Waals surface area contributed by atoms with Crippen molar-refractivity contribution in [2.75, 3.05) is 18.1 Å². The van der Waals surface area contributed by atoms with Crippen molar-refractivity contribution in [3.8, 4) is 5.75 Å². The van der Waals surface area contributed by atoms with E-state index in [1.54, 1.807) is 0 Å². The number of nitrogens with zero attached hydrogens (tertiary/aromatic N) is 3. The molecule has 1 saturated heterocycles. The number of rotatable bonds is 8. The van der Waals surface area contributed by atoms with Crippen molar-refractivity contribution in [3.63, 3.8) is 0 Å². The minimum Gasteiger partial charge on any atom is -0.494 e. The van der Waals surface area contributed by atoms with E-state index in [2.05, 4.69) is 64.7 Å². The maximum atomic E-state index is 12.9. The second kappa shape index (κ2) is 10.2. The van der Waals surface area contributed by atoms with Crippen LogP contribution in [0, 0.1) is 13.8 Å². The number of aromatic nitrogens is 2. The highest BCUT2D eigenvalue weighted by Gasteiger charge is 2.34. The Balaban J connectivity index is 1.28. The van der Waals surface area contributed by atoms with Crippen LogP contribution in [0.25, 0.3) is 11.0 Å². The van der Waals surface area contributed by atoms with E-state index in [0.717, 1.165) is 52.2 Å². The van der Waals surface area contributed by atoms with Gasteiger partial charge in [0.25, 0.3) is 0 Å². The Labute approximate surface area is 214 Å². The second-order valence-corrected chi connectivity index (χ2v) is 10.2. The van der Waals surface area contributed by atoms with Crippen LogP contribution in [0.2, 0.25) is 0 Å². The van der Waals surface area contributed by atoms with Gasteiger partial charge in [0.1, 0.15) is 11.6 Å². The number of anilines is 1. The Bertz CT molecular complexity index is 1360. The number of hydrogen-bond donors (Lipinski definition) is 0. The first-order valence-electron chi connectivity index (χ1n) is 12.2. The molecule has 0 bridgehead atoms. The van der Waals surface area contributed by atoms with Crippen LogP contribution in [0.15, 0.2) is 71.2 Å². The SMILES string of the molecule is Cc1ccc(OCCCCn2c(C3CC(=O)N(c4cccc(Br)c4)C3)nc3ccccc32)cc1C. The summed E-state index contributed by atoms with van der Waals surface area (Å²) < 4.78 is 9.27. The molecule has 2 heterocycles. The summed E-state index contributed by atoms with van der Waals surface area (Å²) in [5.41, 5.74) is 5.58. The van der Waals surface area contributed by atoms with Crippen LogP contribution < -0.4 is 9.64 Å². The van der Waals surface area contributed by atoms with Gasteiger partial charge in [-0.2, -0.15) is 0 Å². The zero-order chi connectivity index (χ0) is 24.4. The molecule has 1 atom stereocenters. The molecule has 0 N–H and O–H groups in total. The predicted octanol–water partition coefficient (Wildman–Crippen LogP) is 6.80. The number of carbonyl (C=O) groups excluding carboxylic acids is 1. The van der Waals surface area contributed by atoms with E-state index < -0.39 is 0 Å². The van der Waals surface area contributed by atoms with Crippen molar-refractivity contribution in [2.45, 2.75) is 45.6 Å². The van der Waals surface area contributed by atoms with Crippen LogP contribution in [-0.4, -0.2) is 28.6 Å². The largest absolute Gasteiger partial charge is 0.494 e. The summed E-state index contributed by atoms with van der Waals surface area (Å²) in [7, 11) is 0. The number of carbonyl (C=O) groups is 1. The van der Waals surface area contributed by atoms with Gasteiger partial charge in [0.15, 0.2) is 0 Å². The summed E-state index contributed by atoms with van der Waals surface area (Å²) in [4.78, 5) is 19.8. The Hall–Kier alpha value is -3.12. The summed E-state index contributed by atoms with van der Waals surface area (Å²) in [5.74, 6) is 2.15. The number of ether oxygens (including phenoxy) is 1. The van der Waals surface area contributed by atoms with Gasteiger partial charge in [-0.05, 0) is 80.3 Å². The standard InChI is InChI=1S/C29H30BrN3O2/c1-20-12-13-25(16-21(20)2)35-15-6-5-14-32-27-11-4-3-10-26(27)31-29(32)22-17-28(34)33(19-22)24-9-7-8-23(30)18-24/h3-4,7-13,16,18,22H,5-6,14-15,17,19H2,1-2H3. The van der Waals surface area contributed by atoms with E-state index in [0.29, 0.717) is 19.6 Å². The Morgan fingerprint density at radius 1 is 1.00 bits per heavy atom. The quantitative estimate of drug-likeness (QED) is 0.235. The lowest BCUT2D eigenvalue weighted by Crippen LogP contribution is -2.24. The highest BCUT2D eigenvalue weighted by Crippen LogP contribution is 2.34. The van der Waals surface area contributed by atoms with E-state index in [1.165, 1.54) is 11.1 Å². The lowest BCUT2D eigenvalue weighted by Gasteiger charge is -2.18. The van der Waals surface area contributed by atoms with Gasteiger partial charge in [-0.1, -0.05) is 40.2 Å². The third-order valence-corrected chi connectivity index (χ3v) is 7.31. The summed E-state index contributed by atoms with van der Waals surface area (Å²) in [6, 6.07) is 22.4. The third kappa shape index (κ3) is 5.13. The smallest absolute Gasteiger partial charge is 0.227 e. The normalized spacial score (nSPS) is 15.8. The Kier molecular flexibility index (Phi) is 6.91. The van der Waals surface area contributed by atoms with Crippen LogP contribution in [0.1, 0.15) is 42.1 Å². The molecule has 5 rings (SSSR count). The van der Waals surface area contributed by atoms with Crippen LogP contribution in [0.4, 0.5) is 5.69 Å². The Morgan fingerprint density at radius 2 is 1.86 bits per heavy atom. The monoisotopic (exact) mass is 531 g/mol. The molecule has 3 aromatic carbocycles. The molecular formula is C29H30BrN3O2. The Morgan fingerprint density at radius 3 is 2.69 bits per heavy atom. The molecule has 4 aromatic rings. The van der Waals surface area contributed by atoms with Gasteiger partial charge in [-0.3, -0.25) is 4.79 Å².